The smallest absolute Gasteiger partial charge is 0.142 e. The van der Waals surface area contributed by atoms with E-state index in [4.69, 9.17) is 4.74 Å². The zero-order valence-electron chi connectivity index (χ0n) is 14.2. The van der Waals surface area contributed by atoms with Crippen molar-refractivity contribution in [3.8, 4) is 5.75 Å². The van der Waals surface area contributed by atoms with Crippen LogP contribution in [-0.4, -0.2) is 47.9 Å². The van der Waals surface area contributed by atoms with Crippen molar-refractivity contribution in [2.75, 3.05) is 19.0 Å². The molecule has 1 aromatic carbocycles. The summed E-state index contributed by atoms with van der Waals surface area (Å²) in [5.74, 6) is 1.88. The second-order valence-corrected chi connectivity index (χ2v) is 8.28. The van der Waals surface area contributed by atoms with Crippen LogP contribution in [0.25, 0.3) is 0 Å². The van der Waals surface area contributed by atoms with Gasteiger partial charge in [0.15, 0.2) is 0 Å². The third-order valence-electron chi connectivity index (χ3n) is 7.89. The summed E-state index contributed by atoms with van der Waals surface area (Å²) in [6.07, 6.45) is 4.31. The maximum absolute atomic E-state index is 11.6. The van der Waals surface area contributed by atoms with Crippen LogP contribution in [0.15, 0.2) is 29.8 Å². The number of allylic oxidation sites excluding steroid dienone is 1. The molecule has 4 heteroatoms. The number of benzene rings is 1. The first-order valence-electron chi connectivity index (χ1n) is 9.23. The number of hydrogen-bond donors (Lipinski definition) is 2. The van der Waals surface area contributed by atoms with Crippen molar-refractivity contribution in [1.82, 2.24) is 4.90 Å². The number of piperidine rings is 4. The van der Waals surface area contributed by atoms with Gasteiger partial charge in [0.25, 0.3) is 0 Å². The summed E-state index contributed by atoms with van der Waals surface area (Å²) in [5.41, 5.74) is 3.84. The second kappa shape index (κ2) is 4.17. The second-order valence-electron chi connectivity index (χ2n) is 8.28. The van der Waals surface area contributed by atoms with Gasteiger partial charge in [-0.25, -0.2) is 0 Å². The standard InChI is InChI=1S/C20H24N2O2/c1-3-10-9-22-13-7-11(10)16-14(22)8-20(19(16)23)12-5-4-6-15(24-2)17(12)21-18(13)20/h3-6,11,13-14,16,18-19,21,23H,7-9H2,1-2H3/b10-3+/t11-,13?,14-,16-,18-,19+,20?/m0/s1. The minimum Gasteiger partial charge on any atom is -0.495 e. The Morgan fingerprint density at radius 3 is 3.04 bits per heavy atom. The number of rotatable bonds is 1. The zero-order valence-corrected chi connectivity index (χ0v) is 14.2. The number of nitrogens with zero attached hydrogens (tertiary/aromatic N) is 1. The van der Waals surface area contributed by atoms with Crippen LogP contribution in [0.3, 0.4) is 0 Å². The molecule has 1 spiro atoms. The Balaban J connectivity index is 1.58. The topological polar surface area (TPSA) is 44.7 Å². The Hall–Kier alpha value is -1.52. The van der Waals surface area contributed by atoms with E-state index in [1.165, 1.54) is 12.0 Å². The van der Waals surface area contributed by atoms with Crippen LogP contribution >= 0.6 is 0 Å². The average molecular weight is 324 g/mol. The molecule has 24 heavy (non-hydrogen) atoms. The van der Waals surface area contributed by atoms with Crippen molar-refractivity contribution in [1.29, 1.82) is 0 Å². The van der Waals surface area contributed by atoms with Crippen LogP contribution in [0.5, 0.6) is 5.75 Å². The molecule has 4 nitrogen and oxygen atoms in total. The lowest BCUT2D eigenvalue weighted by atomic mass is 9.65. The first-order valence-corrected chi connectivity index (χ1v) is 9.23. The molecule has 1 aromatic rings. The molecule has 5 heterocycles. The Morgan fingerprint density at radius 1 is 1.38 bits per heavy atom. The SMILES string of the molecule is C/C=C1\CN2C3C[C@@H]1[C@@H]1[C@@H](O)C4(C[C@@H]12)c1cccc(OC)c1N[C@@H]34. The first kappa shape index (κ1) is 13.7. The van der Waals surface area contributed by atoms with E-state index in [1.54, 1.807) is 12.7 Å². The molecule has 4 saturated heterocycles. The summed E-state index contributed by atoms with van der Waals surface area (Å²) in [6, 6.07) is 7.71. The van der Waals surface area contributed by atoms with Gasteiger partial charge >= 0.3 is 0 Å². The molecule has 0 amide bonds. The molecule has 5 aliphatic heterocycles. The van der Waals surface area contributed by atoms with Crippen molar-refractivity contribution in [3.05, 3.63) is 35.4 Å². The largest absolute Gasteiger partial charge is 0.495 e. The van der Waals surface area contributed by atoms with Gasteiger partial charge in [0.2, 0.25) is 0 Å². The van der Waals surface area contributed by atoms with Gasteiger partial charge in [-0.2, -0.15) is 0 Å². The van der Waals surface area contributed by atoms with Gasteiger partial charge in [-0.05, 0) is 37.3 Å². The lowest BCUT2D eigenvalue weighted by molar-refractivity contribution is -0.0318. The number of para-hydroxylation sites is 1. The van der Waals surface area contributed by atoms with E-state index in [0.717, 1.165) is 24.4 Å². The number of ether oxygens (including phenoxy) is 1. The van der Waals surface area contributed by atoms with Crippen LogP contribution in [0.2, 0.25) is 0 Å². The fraction of sp³-hybridized carbons (Fsp3) is 0.600. The molecular formula is C20H24N2O2. The summed E-state index contributed by atoms with van der Waals surface area (Å²) in [7, 11) is 1.74. The lowest BCUT2D eigenvalue weighted by Crippen LogP contribution is -2.66. The van der Waals surface area contributed by atoms with Crippen molar-refractivity contribution >= 4 is 5.69 Å². The normalized spacial score (nSPS) is 50.8. The molecule has 5 bridgehead atoms. The van der Waals surface area contributed by atoms with E-state index in [0.29, 0.717) is 30.0 Å². The summed E-state index contributed by atoms with van der Waals surface area (Å²) >= 11 is 0. The summed E-state index contributed by atoms with van der Waals surface area (Å²) < 4.78 is 5.61. The first-order chi connectivity index (χ1) is 11.7. The summed E-state index contributed by atoms with van der Waals surface area (Å²) in [5, 5.41) is 15.4. The van der Waals surface area contributed by atoms with Gasteiger partial charge in [0.05, 0.1) is 24.9 Å². The van der Waals surface area contributed by atoms with Gasteiger partial charge in [0.1, 0.15) is 5.75 Å². The molecule has 0 radical (unpaired) electrons. The number of methoxy groups -OCH3 is 1. The van der Waals surface area contributed by atoms with Gasteiger partial charge < -0.3 is 15.2 Å². The van der Waals surface area contributed by atoms with Gasteiger partial charge in [0, 0.05) is 30.0 Å². The molecule has 0 aromatic heterocycles. The Bertz CT molecular complexity index is 775. The number of anilines is 1. The van der Waals surface area contributed by atoms with Crippen LogP contribution in [-0.2, 0) is 5.41 Å². The Kier molecular flexibility index (Phi) is 2.39. The molecule has 7 rings (SSSR count). The number of aliphatic hydroxyl groups is 1. The monoisotopic (exact) mass is 324 g/mol. The van der Waals surface area contributed by atoms with Crippen molar-refractivity contribution in [3.63, 3.8) is 0 Å². The van der Waals surface area contributed by atoms with Crippen molar-refractivity contribution < 1.29 is 9.84 Å². The number of nitrogens with one attached hydrogen (secondary N) is 1. The molecule has 5 fully saturated rings. The van der Waals surface area contributed by atoms with Gasteiger partial charge in [-0.3, -0.25) is 4.90 Å². The van der Waals surface area contributed by atoms with Crippen LogP contribution < -0.4 is 10.1 Å². The Labute approximate surface area is 142 Å². The maximum Gasteiger partial charge on any atom is 0.142 e. The molecule has 1 saturated carbocycles. The predicted molar refractivity (Wildman–Crippen MR) is 92.3 cm³/mol. The highest BCUT2D eigenvalue weighted by Gasteiger charge is 2.73. The summed E-state index contributed by atoms with van der Waals surface area (Å²) in [6.45, 7) is 3.26. The molecule has 3 unspecified atom stereocenters. The quantitative estimate of drug-likeness (QED) is 0.777. The van der Waals surface area contributed by atoms with Gasteiger partial charge in [-0.15, -0.1) is 0 Å². The van der Waals surface area contributed by atoms with Crippen LogP contribution in [0.1, 0.15) is 25.3 Å². The van der Waals surface area contributed by atoms with E-state index in [-0.39, 0.29) is 11.5 Å². The van der Waals surface area contributed by atoms with Gasteiger partial charge in [-0.1, -0.05) is 23.8 Å². The van der Waals surface area contributed by atoms with E-state index < -0.39 is 0 Å². The van der Waals surface area contributed by atoms with Crippen LogP contribution in [0.4, 0.5) is 5.69 Å². The maximum atomic E-state index is 11.6. The molecular weight excluding hydrogens is 300 g/mol. The van der Waals surface area contributed by atoms with E-state index >= 15 is 0 Å². The highest BCUT2D eigenvalue weighted by Crippen LogP contribution is 2.67. The van der Waals surface area contributed by atoms with Crippen LogP contribution in [0, 0.1) is 11.8 Å². The highest BCUT2D eigenvalue weighted by molar-refractivity contribution is 5.72. The minimum absolute atomic E-state index is 0.127. The molecule has 2 N–H and O–H groups in total. The van der Waals surface area contributed by atoms with E-state index in [9.17, 15) is 5.11 Å². The van der Waals surface area contributed by atoms with E-state index in [1.807, 2.05) is 6.07 Å². The third-order valence-corrected chi connectivity index (χ3v) is 7.89. The minimum atomic E-state index is -0.261. The predicted octanol–water partition coefficient (Wildman–Crippen LogP) is 2.14. The van der Waals surface area contributed by atoms with E-state index in [2.05, 4.69) is 35.3 Å². The summed E-state index contributed by atoms with van der Waals surface area (Å²) in [4.78, 5) is 2.70. The van der Waals surface area contributed by atoms with Crippen molar-refractivity contribution in [2.45, 2.75) is 49.4 Å². The van der Waals surface area contributed by atoms with Crippen molar-refractivity contribution in [2.24, 2.45) is 11.8 Å². The molecule has 8 atom stereocenters. The number of fused-ring (bicyclic) bond motifs is 2. The highest BCUT2D eigenvalue weighted by atomic mass is 16.5. The number of aliphatic hydroxyl groups excluding tert-OH is 1. The molecule has 126 valence electrons. The average Bonchev–Trinajstić information content (AvgIpc) is 3.08. The molecule has 1 aliphatic carbocycles. The third kappa shape index (κ3) is 1.23. The Morgan fingerprint density at radius 2 is 2.25 bits per heavy atom. The fourth-order valence-electron chi connectivity index (χ4n) is 7.09. The zero-order chi connectivity index (χ0) is 16.2. The molecule has 6 aliphatic rings. The lowest BCUT2D eigenvalue weighted by Gasteiger charge is -2.57. The fourth-order valence-corrected chi connectivity index (χ4v) is 7.09. The number of hydrogen-bond acceptors (Lipinski definition) is 4.